The Balaban J connectivity index is 1.47. The number of carbonyl (C=O) groups is 1. The molecule has 3 aromatic rings. The molecule has 3 aromatic heterocycles. The molecule has 1 aliphatic heterocycles. The molecule has 164 valence electrons. The quantitative estimate of drug-likeness (QED) is 0.562. The predicted octanol–water partition coefficient (Wildman–Crippen LogP) is 3.38. The molecular weight excluding hydrogens is 424 g/mol. The molecule has 1 fully saturated rings. The van der Waals surface area contributed by atoms with Gasteiger partial charge in [-0.25, -0.2) is 14.8 Å². The molecule has 0 saturated carbocycles. The van der Waals surface area contributed by atoms with Crippen LogP contribution in [0.3, 0.4) is 0 Å². The van der Waals surface area contributed by atoms with Crippen LogP contribution in [0, 0.1) is 12.3 Å². The molecule has 0 radical (unpaired) electrons. The molecule has 0 bridgehead atoms. The van der Waals surface area contributed by atoms with Gasteiger partial charge in [0.25, 0.3) is 0 Å². The van der Waals surface area contributed by atoms with Gasteiger partial charge >= 0.3 is 6.03 Å². The van der Waals surface area contributed by atoms with Crippen LogP contribution < -0.4 is 10.2 Å². The number of likely N-dealkylation sites (N-methyl/N-ethyl adjacent to an activating group) is 1. The van der Waals surface area contributed by atoms with E-state index in [1.807, 2.05) is 30.3 Å². The van der Waals surface area contributed by atoms with Crippen LogP contribution in [0.2, 0.25) is 0 Å². The van der Waals surface area contributed by atoms with E-state index in [1.54, 1.807) is 18.6 Å². The predicted molar refractivity (Wildman–Crippen MR) is 126 cm³/mol. The van der Waals surface area contributed by atoms with Crippen LogP contribution >= 0.6 is 11.3 Å². The second kappa shape index (κ2) is 9.77. The standard InChI is InChI=1S/C23H24N6O2S/c1-3-22-26-20(15-32-22)27-23(31)28(2)19(14-30)18-10-9-16(13-24-18)17-7-6-8-21(25-17)29-11-4-5-12-29/h1,6-10,13,15,19,30H,4-5,11-12,14H2,2H3,(H,27,31)/t19-/m0/s1. The molecule has 0 aliphatic carbocycles. The molecule has 2 amide bonds. The number of pyridine rings is 2. The van der Waals surface area contributed by atoms with E-state index in [4.69, 9.17) is 11.4 Å². The number of anilines is 2. The van der Waals surface area contributed by atoms with E-state index in [9.17, 15) is 9.90 Å². The van der Waals surface area contributed by atoms with E-state index in [2.05, 4.69) is 26.1 Å². The average Bonchev–Trinajstić information content (AvgIpc) is 3.52. The lowest BCUT2D eigenvalue weighted by atomic mass is 10.1. The Labute approximate surface area is 191 Å². The van der Waals surface area contributed by atoms with Crippen LogP contribution in [0.1, 0.15) is 29.6 Å². The number of rotatable bonds is 6. The highest BCUT2D eigenvalue weighted by atomic mass is 32.1. The maximum atomic E-state index is 12.6. The van der Waals surface area contributed by atoms with Crippen LogP contribution in [-0.4, -0.2) is 57.7 Å². The molecule has 0 spiro atoms. The van der Waals surface area contributed by atoms with Crippen molar-refractivity contribution in [3.8, 4) is 23.6 Å². The minimum Gasteiger partial charge on any atom is -0.394 e. The second-order valence-corrected chi connectivity index (χ2v) is 8.33. The van der Waals surface area contributed by atoms with E-state index >= 15 is 0 Å². The van der Waals surface area contributed by atoms with Crippen molar-refractivity contribution in [2.24, 2.45) is 0 Å². The lowest BCUT2D eigenvalue weighted by Gasteiger charge is -2.26. The monoisotopic (exact) mass is 448 g/mol. The molecular formula is C23H24N6O2S. The van der Waals surface area contributed by atoms with Gasteiger partial charge in [-0.15, -0.1) is 17.8 Å². The van der Waals surface area contributed by atoms with Gasteiger partial charge in [0.1, 0.15) is 11.6 Å². The number of carbonyl (C=O) groups excluding carboxylic acids is 1. The fourth-order valence-electron chi connectivity index (χ4n) is 3.61. The van der Waals surface area contributed by atoms with Crippen molar-refractivity contribution in [3.63, 3.8) is 0 Å². The van der Waals surface area contributed by atoms with E-state index in [0.717, 1.165) is 30.2 Å². The van der Waals surface area contributed by atoms with E-state index in [0.29, 0.717) is 16.5 Å². The lowest BCUT2D eigenvalue weighted by molar-refractivity contribution is 0.156. The summed E-state index contributed by atoms with van der Waals surface area (Å²) in [6.07, 6.45) is 9.43. The van der Waals surface area contributed by atoms with Gasteiger partial charge in [0.05, 0.1) is 24.0 Å². The highest BCUT2D eigenvalue weighted by molar-refractivity contribution is 7.10. The van der Waals surface area contributed by atoms with Gasteiger partial charge in [0.2, 0.25) is 0 Å². The summed E-state index contributed by atoms with van der Waals surface area (Å²) in [5.74, 6) is 3.79. The van der Waals surface area contributed by atoms with Crippen LogP contribution in [0.4, 0.5) is 16.4 Å². The van der Waals surface area contributed by atoms with Gasteiger partial charge in [-0.05, 0) is 43.0 Å². The Morgan fingerprint density at radius 1 is 1.31 bits per heavy atom. The number of amides is 2. The molecule has 1 atom stereocenters. The highest BCUT2D eigenvalue weighted by Crippen LogP contribution is 2.25. The van der Waals surface area contributed by atoms with Crippen molar-refractivity contribution in [2.45, 2.75) is 18.9 Å². The van der Waals surface area contributed by atoms with Crippen LogP contribution in [0.25, 0.3) is 11.3 Å². The summed E-state index contributed by atoms with van der Waals surface area (Å²) >= 11 is 1.27. The third-order valence-corrected chi connectivity index (χ3v) is 6.18. The molecule has 9 heteroatoms. The molecule has 1 saturated heterocycles. The van der Waals surface area contributed by atoms with Gasteiger partial charge in [-0.2, -0.15) is 0 Å². The Bertz CT molecular complexity index is 1120. The zero-order chi connectivity index (χ0) is 22.5. The molecule has 32 heavy (non-hydrogen) atoms. The molecule has 4 heterocycles. The zero-order valence-electron chi connectivity index (χ0n) is 17.7. The van der Waals surface area contributed by atoms with Crippen molar-refractivity contribution in [3.05, 3.63) is 52.6 Å². The number of hydrogen-bond donors (Lipinski definition) is 2. The Morgan fingerprint density at radius 3 is 2.78 bits per heavy atom. The molecule has 8 nitrogen and oxygen atoms in total. The number of hydrogen-bond acceptors (Lipinski definition) is 7. The first-order valence-electron chi connectivity index (χ1n) is 10.3. The van der Waals surface area contributed by atoms with Crippen LogP contribution in [-0.2, 0) is 0 Å². The summed E-state index contributed by atoms with van der Waals surface area (Å²) in [5.41, 5.74) is 2.29. The van der Waals surface area contributed by atoms with Crippen molar-refractivity contribution in [1.29, 1.82) is 0 Å². The van der Waals surface area contributed by atoms with Gasteiger partial charge in [-0.3, -0.25) is 10.3 Å². The molecule has 1 aliphatic rings. The number of nitrogens with one attached hydrogen (secondary N) is 1. The SMILES string of the molecule is C#Cc1nc(NC(=O)N(C)[C@@H](CO)c2ccc(-c3cccc(N4CCCC4)n3)cn2)cs1. The maximum absolute atomic E-state index is 12.6. The van der Waals surface area contributed by atoms with Gasteiger partial charge in [-0.1, -0.05) is 6.07 Å². The average molecular weight is 449 g/mol. The second-order valence-electron chi connectivity index (χ2n) is 7.47. The molecule has 4 rings (SSSR count). The van der Waals surface area contributed by atoms with Crippen molar-refractivity contribution < 1.29 is 9.90 Å². The third kappa shape index (κ3) is 4.72. The first-order chi connectivity index (χ1) is 15.6. The summed E-state index contributed by atoms with van der Waals surface area (Å²) < 4.78 is 0. The first kappa shape index (κ1) is 21.7. The van der Waals surface area contributed by atoms with Crippen LogP contribution in [0.5, 0.6) is 0 Å². The fraction of sp³-hybridized carbons (Fsp3) is 0.304. The Kier molecular flexibility index (Phi) is 6.63. The fourth-order valence-corrected chi connectivity index (χ4v) is 4.17. The third-order valence-electron chi connectivity index (χ3n) is 5.41. The summed E-state index contributed by atoms with van der Waals surface area (Å²) in [6, 6.07) is 8.68. The first-order valence-corrected chi connectivity index (χ1v) is 11.2. The van der Waals surface area contributed by atoms with Gasteiger partial charge in [0, 0.05) is 37.3 Å². The molecule has 2 N–H and O–H groups in total. The summed E-state index contributed by atoms with van der Waals surface area (Å²) in [5, 5.41) is 14.8. The molecule has 0 unspecified atom stereocenters. The zero-order valence-corrected chi connectivity index (χ0v) is 18.5. The number of nitrogens with zero attached hydrogens (tertiary/aromatic N) is 5. The highest BCUT2D eigenvalue weighted by Gasteiger charge is 2.23. The van der Waals surface area contributed by atoms with Crippen molar-refractivity contribution in [1.82, 2.24) is 19.9 Å². The van der Waals surface area contributed by atoms with Crippen molar-refractivity contribution in [2.75, 3.05) is 37.0 Å². The van der Waals surface area contributed by atoms with Gasteiger partial charge < -0.3 is 14.9 Å². The Hall–Kier alpha value is -3.48. The van der Waals surface area contributed by atoms with Crippen LogP contribution in [0.15, 0.2) is 41.9 Å². The minimum absolute atomic E-state index is 0.272. The van der Waals surface area contributed by atoms with Gasteiger partial charge in [0.15, 0.2) is 5.01 Å². The van der Waals surface area contributed by atoms with E-state index in [1.165, 1.54) is 29.1 Å². The summed E-state index contributed by atoms with van der Waals surface area (Å²) in [7, 11) is 1.60. The summed E-state index contributed by atoms with van der Waals surface area (Å²) in [6.45, 7) is 1.79. The van der Waals surface area contributed by atoms with Crippen molar-refractivity contribution >= 4 is 29.0 Å². The maximum Gasteiger partial charge on any atom is 0.323 e. The normalized spacial score (nSPS) is 14.1. The topological polar surface area (TPSA) is 94.5 Å². The van der Waals surface area contributed by atoms with E-state index < -0.39 is 12.1 Å². The lowest BCUT2D eigenvalue weighted by Crippen LogP contribution is -2.37. The largest absolute Gasteiger partial charge is 0.394 e. The van der Waals surface area contributed by atoms with E-state index in [-0.39, 0.29) is 6.61 Å². The number of thiazole rings is 1. The minimum atomic E-state index is -0.612. The number of aliphatic hydroxyl groups is 1. The number of urea groups is 1. The smallest absolute Gasteiger partial charge is 0.323 e. The number of terminal acetylenes is 1. The molecule has 0 aromatic carbocycles. The summed E-state index contributed by atoms with van der Waals surface area (Å²) in [4.78, 5) is 29.7. The number of aliphatic hydroxyl groups excluding tert-OH is 1. The Morgan fingerprint density at radius 2 is 2.12 bits per heavy atom. The number of aromatic nitrogens is 3.